The molecule has 1 aromatic carbocycles. The molecule has 0 aliphatic heterocycles. The molecule has 15 heavy (non-hydrogen) atoms. The molecule has 0 unspecified atom stereocenters. The molecule has 1 aromatic rings. The fraction of sp³-hybridized carbons (Fsp3) is 0. The third-order valence-electron chi connectivity index (χ3n) is 1.40. The van der Waals surface area contributed by atoms with Gasteiger partial charge in [-0.1, -0.05) is 23.2 Å². The van der Waals surface area contributed by atoms with Gasteiger partial charge >= 0.3 is 0 Å². The van der Waals surface area contributed by atoms with Crippen LogP contribution < -0.4 is 11.2 Å². The third-order valence-corrected chi connectivity index (χ3v) is 2.98. The molecule has 0 bridgehead atoms. The van der Waals surface area contributed by atoms with Crippen molar-refractivity contribution in [1.29, 1.82) is 0 Å². The molecule has 0 aromatic heterocycles. The Morgan fingerprint density at radius 1 is 1.53 bits per heavy atom. The van der Waals surface area contributed by atoms with Gasteiger partial charge in [-0.2, -0.15) is 5.10 Å². The van der Waals surface area contributed by atoms with Crippen molar-refractivity contribution in [2.45, 2.75) is 0 Å². The number of halogens is 3. The molecule has 0 amide bonds. The second kappa shape index (κ2) is 5.65. The van der Waals surface area contributed by atoms with E-state index < -0.39 is 0 Å². The van der Waals surface area contributed by atoms with Gasteiger partial charge in [-0.25, -0.2) is 0 Å². The van der Waals surface area contributed by atoms with Gasteiger partial charge < -0.3 is 5.73 Å². The molecule has 0 saturated carbocycles. The quantitative estimate of drug-likeness (QED) is 0.380. The van der Waals surface area contributed by atoms with E-state index in [2.05, 4.69) is 38.7 Å². The van der Waals surface area contributed by atoms with E-state index in [1.54, 1.807) is 12.1 Å². The SMILES string of the molecule is NC(=S)NN=Cc1cc(Cl)cc(Br)c1Cl. The summed E-state index contributed by atoms with van der Waals surface area (Å²) in [5.41, 5.74) is 8.28. The molecular weight excluding hydrogens is 321 g/mol. The number of hydrogen-bond acceptors (Lipinski definition) is 2. The van der Waals surface area contributed by atoms with Crippen LogP contribution in [0.25, 0.3) is 0 Å². The van der Waals surface area contributed by atoms with Crippen LogP contribution in [-0.4, -0.2) is 11.3 Å². The second-order valence-electron chi connectivity index (χ2n) is 2.53. The van der Waals surface area contributed by atoms with Crippen LogP contribution in [0.2, 0.25) is 10.0 Å². The van der Waals surface area contributed by atoms with Gasteiger partial charge in [0.1, 0.15) is 0 Å². The minimum Gasteiger partial charge on any atom is -0.375 e. The Kier molecular flexibility index (Phi) is 4.79. The zero-order valence-corrected chi connectivity index (χ0v) is 11.2. The van der Waals surface area contributed by atoms with E-state index in [1.165, 1.54) is 6.21 Å². The summed E-state index contributed by atoms with van der Waals surface area (Å²) in [4.78, 5) is 0. The highest BCUT2D eigenvalue weighted by Crippen LogP contribution is 2.28. The highest BCUT2D eigenvalue weighted by molar-refractivity contribution is 9.10. The topological polar surface area (TPSA) is 50.4 Å². The first-order chi connectivity index (χ1) is 7.00. The minimum atomic E-state index is 0.0865. The smallest absolute Gasteiger partial charge is 0.184 e. The van der Waals surface area contributed by atoms with E-state index in [0.29, 0.717) is 20.1 Å². The maximum Gasteiger partial charge on any atom is 0.184 e. The van der Waals surface area contributed by atoms with Crippen LogP contribution in [0.1, 0.15) is 5.56 Å². The molecule has 1 rings (SSSR count). The molecule has 0 aliphatic rings. The van der Waals surface area contributed by atoms with Crippen LogP contribution >= 0.6 is 51.3 Å². The van der Waals surface area contributed by atoms with Crippen molar-refractivity contribution in [3.63, 3.8) is 0 Å². The monoisotopic (exact) mass is 325 g/mol. The van der Waals surface area contributed by atoms with Gasteiger partial charge in [0.15, 0.2) is 5.11 Å². The molecule has 0 radical (unpaired) electrons. The molecular formula is C8H6BrCl2N3S. The fourth-order valence-corrected chi connectivity index (χ4v) is 1.88. The number of rotatable bonds is 2. The van der Waals surface area contributed by atoms with Crippen LogP contribution in [0.5, 0.6) is 0 Å². The molecule has 3 nitrogen and oxygen atoms in total. The Morgan fingerprint density at radius 2 is 2.20 bits per heavy atom. The third kappa shape index (κ3) is 3.95. The highest BCUT2D eigenvalue weighted by Gasteiger charge is 2.04. The molecule has 0 saturated heterocycles. The van der Waals surface area contributed by atoms with E-state index in [4.69, 9.17) is 28.9 Å². The summed E-state index contributed by atoms with van der Waals surface area (Å²) < 4.78 is 0.702. The molecule has 7 heteroatoms. The maximum absolute atomic E-state index is 5.99. The fourth-order valence-electron chi connectivity index (χ4n) is 0.835. The first-order valence-corrected chi connectivity index (χ1v) is 5.69. The average Bonchev–Trinajstić information content (AvgIpc) is 2.12. The number of benzene rings is 1. The Bertz CT molecular complexity index is 423. The lowest BCUT2D eigenvalue weighted by atomic mass is 10.2. The number of nitrogens with zero attached hydrogens (tertiary/aromatic N) is 1. The van der Waals surface area contributed by atoms with Crippen molar-refractivity contribution in [3.8, 4) is 0 Å². The summed E-state index contributed by atoms with van der Waals surface area (Å²) in [6.45, 7) is 0. The van der Waals surface area contributed by atoms with Gasteiger partial charge in [0, 0.05) is 15.1 Å². The van der Waals surface area contributed by atoms with Crippen molar-refractivity contribution in [1.82, 2.24) is 5.43 Å². The zero-order valence-electron chi connectivity index (χ0n) is 7.30. The normalized spacial score (nSPS) is 10.6. The molecule has 0 heterocycles. The summed E-state index contributed by atoms with van der Waals surface area (Å²) in [7, 11) is 0. The first-order valence-electron chi connectivity index (χ1n) is 3.73. The van der Waals surface area contributed by atoms with E-state index >= 15 is 0 Å². The van der Waals surface area contributed by atoms with Crippen molar-refractivity contribution in [2.75, 3.05) is 0 Å². The second-order valence-corrected chi connectivity index (χ2v) is 4.63. The lowest BCUT2D eigenvalue weighted by Crippen LogP contribution is -2.24. The summed E-state index contributed by atoms with van der Waals surface area (Å²) >= 11 is 19.7. The lowest BCUT2D eigenvalue weighted by Gasteiger charge is -2.02. The van der Waals surface area contributed by atoms with E-state index in [-0.39, 0.29) is 5.11 Å². The molecule has 3 N–H and O–H groups in total. The number of nitrogens with two attached hydrogens (primary N) is 1. The number of nitrogens with one attached hydrogen (secondary N) is 1. The van der Waals surface area contributed by atoms with E-state index in [1.807, 2.05) is 0 Å². The predicted molar refractivity (Wildman–Crippen MR) is 71.7 cm³/mol. The Morgan fingerprint density at radius 3 is 2.80 bits per heavy atom. The zero-order chi connectivity index (χ0) is 11.4. The number of thiocarbonyl (C=S) groups is 1. The molecule has 0 aliphatic carbocycles. The summed E-state index contributed by atoms with van der Waals surface area (Å²) in [5, 5.41) is 4.95. The summed E-state index contributed by atoms with van der Waals surface area (Å²) in [6, 6.07) is 3.38. The number of hydrogen-bond donors (Lipinski definition) is 2. The molecule has 0 fully saturated rings. The average molecular weight is 327 g/mol. The maximum atomic E-state index is 5.99. The Labute approximate surface area is 111 Å². The first kappa shape index (κ1) is 12.7. The Balaban J connectivity index is 2.94. The summed E-state index contributed by atoms with van der Waals surface area (Å²) in [5.74, 6) is 0. The van der Waals surface area contributed by atoms with Gasteiger partial charge in [-0.05, 0) is 40.3 Å². The van der Waals surface area contributed by atoms with Gasteiger partial charge in [0.2, 0.25) is 0 Å². The van der Waals surface area contributed by atoms with E-state index in [0.717, 1.165) is 0 Å². The minimum absolute atomic E-state index is 0.0865. The van der Waals surface area contributed by atoms with Crippen LogP contribution in [0.3, 0.4) is 0 Å². The van der Waals surface area contributed by atoms with E-state index in [9.17, 15) is 0 Å². The standard InChI is InChI=1S/C8H6BrCl2N3S/c9-6-2-5(10)1-4(7(6)11)3-13-14-8(12)15/h1-3H,(H3,12,14,15). The van der Waals surface area contributed by atoms with Gasteiger partial charge in [0.05, 0.1) is 11.2 Å². The highest BCUT2D eigenvalue weighted by atomic mass is 79.9. The van der Waals surface area contributed by atoms with Gasteiger partial charge in [0.25, 0.3) is 0 Å². The van der Waals surface area contributed by atoms with Crippen molar-refractivity contribution >= 4 is 62.7 Å². The molecule has 80 valence electrons. The van der Waals surface area contributed by atoms with Crippen LogP contribution in [-0.2, 0) is 0 Å². The van der Waals surface area contributed by atoms with Crippen molar-refractivity contribution in [3.05, 3.63) is 32.2 Å². The van der Waals surface area contributed by atoms with Crippen LogP contribution in [0.4, 0.5) is 0 Å². The molecule has 0 atom stereocenters. The lowest BCUT2D eigenvalue weighted by molar-refractivity contribution is 1.04. The predicted octanol–water partition coefficient (Wildman–Crippen LogP) is 2.92. The summed E-state index contributed by atoms with van der Waals surface area (Å²) in [6.07, 6.45) is 1.48. The van der Waals surface area contributed by atoms with Crippen LogP contribution in [0, 0.1) is 0 Å². The van der Waals surface area contributed by atoms with Crippen molar-refractivity contribution in [2.24, 2.45) is 10.8 Å². The largest absolute Gasteiger partial charge is 0.375 e. The van der Waals surface area contributed by atoms with Gasteiger partial charge in [-0.15, -0.1) is 0 Å². The van der Waals surface area contributed by atoms with Crippen LogP contribution in [0.15, 0.2) is 21.7 Å². The van der Waals surface area contributed by atoms with Crippen molar-refractivity contribution < 1.29 is 0 Å². The number of hydrazone groups is 1. The Hall–Kier alpha value is -0.360. The van der Waals surface area contributed by atoms with Gasteiger partial charge in [-0.3, -0.25) is 5.43 Å². The molecule has 0 spiro atoms.